The summed E-state index contributed by atoms with van der Waals surface area (Å²) in [6.07, 6.45) is 57.2. The number of unbranched alkanes of at least 4 members (excludes halogenated alkanes) is 24. The van der Waals surface area contributed by atoms with Crippen LogP contribution >= 0.6 is 0 Å². The van der Waals surface area contributed by atoms with Crippen molar-refractivity contribution in [3.05, 3.63) is 60.8 Å². The van der Waals surface area contributed by atoms with Gasteiger partial charge in [-0.1, -0.05) is 203 Å². The van der Waals surface area contributed by atoms with Crippen LogP contribution in [0.1, 0.15) is 226 Å². The van der Waals surface area contributed by atoms with Crippen molar-refractivity contribution in [2.24, 2.45) is 0 Å². The lowest BCUT2D eigenvalue weighted by Gasteiger charge is -2.26. The minimum Gasteiger partial charge on any atom is -0.545 e. The van der Waals surface area contributed by atoms with E-state index in [2.05, 4.69) is 74.6 Å². The molecule has 0 aliphatic carbocycles. The van der Waals surface area contributed by atoms with Crippen molar-refractivity contribution in [1.82, 2.24) is 0 Å². The first-order valence-corrected chi connectivity index (χ1v) is 26.9. The third-order valence-electron chi connectivity index (χ3n) is 11.5. The molecular weight excluding hydrogens is 827 g/mol. The summed E-state index contributed by atoms with van der Waals surface area (Å²) in [5.74, 6) is -2.29. The van der Waals surface area contributed by atoms with Gasteiger partial charge in [0.1, 0.15) is 13.2 Å². The van der Waals surface area contributed by atoms with Gasteiger partial charge in [-0.15, -0.1) is 0 Å². The summed E-state index contributed by atoms with van der Waals surface area (Å²) in [4.78, 5) is 37.0. The number of aliphatic carboxylic acids is 1. The molecule has 0 rings (SSSR count). The molecule has 0 aliphatic rings. The van der Waals surface area contributed by atoms with Crippen molar-refractivity contribution in [1.29, 1.82) is 0 Å². The summed E-state index contributed by atoms with van der Waals surface area (Å²) in [6, 6.07) is 0. The Morgan fingerprint density at radius 1 is 0.470 bits per heavy atom. The van der Waals surface area contributed by atoms with E-state index >= 15 is 0 Å². The third kappa shape index (κ3) is 48.9. The van der Waals surface area contributed by atoms with Gasteiger partial charge < -0.3 is 33.3 Å². The smallest absolute Gasteiger partial charge is 0.306 e. The van der Waals surface area contributed by atoms with Gasteiger partial charge in [-0.2, -0.15) is 0 Å². The number of rotatable bonds is 49. The number of hydrogen-bond donors (Lipinski definition) is 0. The molecule has 382 valence electrons. The van der Waals surface area contributed by atoms with Gasteiger partial charge in [-0.3, -0.25) is 9.59 Å². The second-order valence-corrected chi connectivity index (χ2v) is 19.1. The lowest BCUT2D eigenvalue weighted by atomic mass is 10.0. The fraction of sp³-hybridized carbons (Fsp3) is 0.772. The molecule has 0 spiro atoms. The normalized spacial score (nSPS) is 13.3. The number of carbonyl (C=O) groups excluding carboxylic acids is 3. The van der Waals surface area contributed by atoms with Crippen LogP contribution in [0.2, 0.25) is 0 Å². The van der Waals surface area contributed by atoms with Crippen LogP contribution in [-0.2, 0) is 33.3 Å². The van der Waals surface area contributed by atoms with Gasteiger partial charge in [0.05, 0.1) is 40.3 Å². The monoisotopic (exact) mass is 928 g/mol. The van der Waals surface area contributed by atoms with Crippen LogP contribution in [0.5, 0.6) is 0 Å². The number of esters is 2. The highest BCUT2D eigenvalue weighted by Crippen LogP contribution is 2.16. The number of carboxylic acid groups (broad SMARTS) is 1. The van der Waals surface area contributed by atoms with Gasteiger partial charge >= 0.3 is 11.9 Å². The van der Waals surface area contributed by atoms with Crippen molar-refractivity contribution in [3.63, 3.8) is 0 Å². The molecule has 0 amide bonds. The zero-order chi connectivity index (χ0) is 48.4. The number of likely N-dealkylation sites (N-methyl/N-ethyl adjacent to an activating group) is 1. The van der Waals surface area contributed by atoms with Crippen LogP contribution in [0.4, 0.5) is 0 Å². The molecule has 0 heterocycles. The van der Waals surface area contributed by atoms with Gasteiger partial charge in [0.2, 0.25) is 0 Å². The zero-order valence-corrected chi connectivity index (χ0v) is 43.3. The van der Waals surface area contributed by atoms with Crippen LogP contribution in [0, 0.1) is 0 Å². The van der Waals surface area contributed by atoms with Crippen molar-refractivity contribution in [2.75, 3.05) is 47.5 Å². The molecule has 0 aliphatic heterocycles. The summed E-state index contributed by atoms with van der Waals surface area (Å²) in [6.45, 7) is 4.56. The van der Waals surface area contributed by atoms with Crippen molar-refractivity contribution in [3.8, 4) is 0 Å². The Bertz CT molecular complexity index is 1270. The minimum atomic E-state index is -1.62. The van der Waals surface area contributed by atoms with Crippen molar-refractivity contribution in [2.45, 2.75) is 238 Å². The molecular formula is C57H101NO8. The second kappa shape index (κ2) is 48.4. The van der Waals surface area contributed by atoms with Gasteiger partial charge in [-0.25, -0.2) is 0 Å². The Hall–Kier alpha value is -3.01. The largest absolute Gasteiger partial charge is 0.545 e. The number of allylic oxidation sites excluding steroid dienone is 10. The number of carboxylic acids is 1. The van der Waals surface area contributed by atoms with Gasteiger partial charge in [-0.05, 0) is 70.6 Å². The maximum absolute atomic E-state index is 12.8. The maximum Gasteiger partial charge on any atom is 0.306 e. The predicted molar refractivity (Wildman–Crippen MR) is 274 cm³/mol. The highest BCUT2D eigenvalue weighted by atomic mass is 16.7. The molecule has 9 nitrogen and oxygen atoms in total. The first-order chi connectivity index (χ1) is 32.1. The second-order valence-electron chi connectivity index (χ2n) is 19.1. The lowest BCUT2D eigenvalue weighted by molar-refractivity contribution is -0.870. The highest BCUT2D eigenvalue weighted by Gasteiger charge is 2.22. The number of nitrogens with zero attached hydrogens (tertiary/aromatic N) is 1. The first-order valence-electron chi connectivity index (χ1n) is 26.9. The maximum atomic E-state index is 12.8. The fourth-order valence-corrected chi connectivity index (χ4v) is 7.35. The van der Waals surface area contributed by atoms with E-state index in [1.54, 1.807) is 0 Å². The lowest BCUT2D eigenvalue weighted by Crippen LogP contribution is -2.44. The molecule has 0 fully saturated rings. The van der Waals surface area contributed by atoms with E-state index < -0.39 is 24.3 Å². The Morgan fingerprint density at radius 3 is 1.30 bits per heavy atom. The number of ether oxygens (including phenoxy) is 4. The van der Waals surface area contributed by atoms with Crippen molar-refractivity contribution >= 4 is 17.9 Å². The zero-order valence-electron chi connectivity index (χ0n) is 43.3. The SMILES string of the molecule is CC/C=C\C/C=C\C/C=C\C/C=C\CCCCCCCCCCCCCCCCCCCCC(=O)OC(COC(=O)CCCCCCC/C=C\CCC)COC(OCC[N+](C)(C)C)C(=O)[O-]. The van der Waals surface area contributed by atoms with Gasteiger partial charge in [0.25, 0.3) is 0 Å². The summed E-state index contributed by atoms with van der Waals surface area (Å²) < 4.78 is 22.6. The Kier molecular flexibility index (Phi) is 46.2. The molecule has 0 saturated carbocycles. The quantitative estimate of drug-likeness (QED) is 0.0195. The van der Waals surface area contributed by atoms with E-state index in [-0.39, 0.29) is 38.6 Å². The van der Waals surface area contributed by atoms with Gasteiger partial charge in [0.15, 0.2) is 12.4 Å². The average Bonchev–Trinajstić information content (AvgIpc) is 3.28. The van der Waals surface area contributed by atoms with Gasteiger partial charge in [0, 0.05) is 12.8 Å². The molecule has 0 radical (unpaired) electrons. The molecule has 2 unspecified atom stereocenters. The van der Waals surface area contributed by atoms with Crippen LogP contribution in [0.3, 0.4) is 0 Å². The third-order valence-corrected chi connectivity index (χ3v) is 11.5. The summed E-state index contributed by atoms with van der Waals surface area (Å²) >= 11 is 0. The number of carbonyl (C=O) groups is 3. The van der Waals surface area contributed by atoms with E-state index in [1.807, 2.05) is 21.1 Å². The molecule has 9 heteroatoms. The Morgan fingerprint density at radius 2 is 0.864 bits per heavy atom. The number of hydrogen-bond acceptors (Lipinski definition) is 8. The molecule has 0 aromatic carbocycles. The summed E-state index contributed by atoms with van der Waals surface area (Å²) in [5, 5.41) is 11.7. The van der Waals surface area contributed by atoms with E-state index in [4.69, 9.17) is 18.9 Å². The topological polar surface area (TPSA) is 111 Å². The van der Waals surface area contributed by atoms with E-state index in [1.165, 1.54) is 109 Å². The summed E-state index contributed by atoms with van der Waals surface area (Å²) in [5.41, 5.74) is 0. The summed E-state index contributed by atoms with van der Waals surface area (Å²) in [7, 11) is 5.91. The van der Waals surface area contributed by atoms with Crippen LogP contribution < -0.4 is 5.11 Å². The molecule has 66 heavy (non-hydrogen) atoms. The van der Waals surface area contributed by atoms with Crippen LogP contribution in [-0.4, -0.2) is 82.3 Å². The van der Waals surface area contributed by atoms with Crippen LogP contribution in [0.25, 0.3) is 0 Å². The standard InChI is InChI=1S/C57H101NO8/c1-6-8-10-12-14-16-18-19-20-21-22-23-24-25-26-27-28-29-30-31-32-33-34-35-36-37-38-40-42-44-46-48-55(60)66-53(52-65-57(56(61)62)63-50-49-58(3,4)5)51-64-54(59)47-45-43-41-39-17-15-13-11-9-7-2/h8,10-11,13-14,16,19-20,22-23,53,57H,6-7,9,12,15,17-18,21,24-52H2,1-5H3/b10-8-,13-11-,16-14-,20-19-,23-22-. The van der Waals surface area contributed by atoms with Crippen molar-refractivity contribution < 1.29 is 42.9 Å². The minimum absolute atomic E-state index is 0.146. The molecule has 2 atom stereocenters. The molecule has 0 aromatic heterocycles. The Labute approximate surface area is 405 Å². The highest BCUT2D eigenvalue weighted by molar-refractivity contribution is 5.70. The molecule has 0 saturated heterocycles. The number of quaternary nitrogens is 1. The van der Waals surface area contributed by atoms with E-state index in [0.717, 1.165) is 83.5 Å². The first kappa shape index (κ1) is 63.0. The van der Waals surface area contributed by atoms with Crippen LogP contribution in [0.15, 0.2) is 60.8 Å². The Balaban J connectivity index is 4.08. The molecule has 0 bridgehead atoms. The van der Waals surface area contributed by atoms with E-state index in [9.17, 15) is 19.5 Å². The molecule has 0 N–H and O–H groups in total. The average molecular weight is 928 g/mol. The molecule has 0 aromatic rings. The van der Waals surface area contributed by atoms with E-state index in [0.29, 0.717) is 17.4 Å². The fourth-order valence-electron chi connectivity index (χ4n) is 7.35. The predicted octanol–water partition coefficient (Wildman–Crippen LogP) is 14.0.